The maximum atomic E-state index is 11.0. The third-order valence-corrected chi connectivity index (χ3v) is 1.56. The standard InChI is InChI=1S/C7H6N2O2/c1-4-6-5(2-3-11-6)7(10)9-8-4/h2-3H,1H3,(H,9,10). The lowest BCUT2D eigenvalue weighted by molar-refractivity contribution is 0.609. The summed E-state index contributed by atoms with van der Waals surface area (Å²) in [5.41, 5.74) is 1.05. The normalized spacial score (nSPS) is 10.6. The van der Waals surface area contributed by atoms with Crippen molar-refractivity contribution in [1.29, 1.82) is 0 Å². The summed E-state index contributed by atoms with van der Waals surface area (Å²) < 4.78 is 5.05. The molecule has 0 amide bonds. The van der Waals surface area contributed by atoms with Crippen LogP contribution in [0.4, 0.5) is 0 Å². The topological polar surface area (TPSA) is 58.9 Å². The Morgan fingerprint density at radius 3 is 3.18 bits per heavy atom. The minimum absolute atomic E-state index is 0.209. The van der Waals surface area contributed by atoms with Crippen molar-refractivity contribution in [2.24, 2.45) is 0 Å². The monoisotopic (exact) mass is 150 g/mol. The molecule has 2 rings (SSSR count). The van der Waals surface area contributed by atoms with E-state index in [0.717, 1.165) is 0 Å². The number of nitrogens with one attached hydrogen (secondary N) is 1. The fraction of sp³-hybridized carbons (Fsp3) is 0.143. The maximum Gasteiger partial charge on any atom is 0.275 e. The number of aromatic amines is 1. The third-order valence-electron chi connectivity index (χ3n) is 1.56. The highest BCUT2D eigenvalue weighted by Crippen LogP contribution is 2.11. The van der Waals surface area contributed by atoms with Crippen LogP contribution in [0.2, 0.25) is 0 Å². The summed E-state index contributed by atoms with van der Waals surface area (Å²) in [6, 6.07) is 1.63. The summed E-state index contributed by atoms with van der Waals surface area (Å²) in [7, 11) is 0. The minimum atomic E-state index is -0.209. The fourth-order valence-corrected chi connectivity index (χ4v) is 1.01. The van der Waals surface area contributed by atoms with E-state index in [1.165, 1.54) is 6.26 Å². The molecule has 0 aliphatic heterocycles. The molecule has 4 nitrogen and oxygen atoms in total. The fourth-order valence-electron chi connectivity index (χ4n) is 1.01. The molecule has 0 aliphatic rings. The van der Waals surface area contributed by atoms with Gasteiger partial charge in [0.15, 0.2) is 5.58 Å². The van der Waals surface area contributed by atoms with Gasteiger partial charge < -0.3 is 4.42 Å². The average Bonchev–Trinajstić information content (AvgIpc) is 2.45. The van der Waals surface area contributed by atoms with E-state index in [1.54, 1.807) is 13.0 Å². The summed E-state index contributed by atoms with van der Waals surface area (Å²) in [6.45, 7) is 1.78. The number of aryl methyl sites for hydroxylation is 1. The highest BCUT2D eigenvalue weighted by molar-refractivity contribution is 5.77. The van der Waals surface area contributed by atoms with Gasteiger partial charge in [0, 0.05) is 0 Å². The molecule has 56 valence electrons. The van der Waals surface area contributed by atoms with E-state index in [-0.39, 0.29) is 5.56 Å². The van der Waals surface area contributed by atoms with Crippen molar-refractivity contribution in [3.05, 3.63) is 28.4 Å². The highest BCUT2D eigenvalue weighted by Gasteiger charge is 2.03. The molecule has 1 N–H and O–H groups in total. The Labute approximate surface area is 61.8 Å². The lowest BCUT2D eigenvalue weighted by atomic mass is 10.3. The van der Waals surface area contributed by atoms with Crippen molar-refractivity contribution in [1.82, 2.24) is 10.2 Å². The molecule has 0 radical (unpaired) electrons. The number of hydrogen-bond donors (Lipinski definition) is 1. The number of hydrogen-bond acceptors (Lipinski definition) is 3. The Kier molecular flexibility index (Phi) is 1.09. The van der Waals surface area contributed by atoms with Gasteiger partial charge in [0.2, 0.25) is 0 Å². The number of H-pyrrole nitrogens is 1. The van der Waals surface area contributed by atoms with Gasteiger partial charge >= 0.3 is 0 Å². The molecule has 0 atom stereocenters. The first kappa shape index (κ1) is 6.15. The van der Waals surface area contributed by atoms with Crippen LogP contribution in [0.5, 0.6) is 0 Å². The molecule has 2 aromatic rings. The first-order valence-electron chi connectivity index (χ1n) is 3.21. The lowest BCUT2D eigenvalue weighted by Gasteiger charge is -1.89. The molecule has 2 heterocycles. The summed E-state index contributed by atoms with van der Waals surface area (Å²) in [4.78, 5) is 11.0. The number of fused-ring (bicyclic) bond motifs is 1. The minimum Gasteiger partial charge on any atom is -0.462 e. The van der Waals surface area contributed by atoms with E-state index in [4.69, 9.17) is 4.42 Å². The summed E-state index contributed by atoms with van der Waals surface area (Å²) in [5.74, 6) is 0. The smallest absolute Gasteiger partial charge is 0.275 e. The van der Waals surface area contributed by atoms with Gasteiger partial charge in [0.05, 0.1) is 11.6 Å². The predicted molar refractivity (Wildman–Crippen MR) is 39.4 cm³/mol. The third kappa shape index (κ3) is 0.756. The second-order valence-corrected chi connectivity index (χ2v) is 2.30. The average molecular weight is 150 g/mol. The van der Waals surface area contributed by atoms with Crippen LogP contribution in [-0.2, 0) is 0 Å². The second kappa shape index (κ2) is 1.95. The van der Waals surface area contributed by atoms with E-state index in [9.17, 15) is 4.79 Å². The molecule has 0 saturated carbocycles. The van der Waals surface area contributed by atoms with Gasteiger partial charge in [0.1, 0.15) is 5.69 Å². The van der Waals surface area contributed by atoms with E-state index >= 15 is 0 Å². The van der Waals surface area contributed by atoms with Crippen molar-refractivity contribution in [3.8, 4) is 0 Å². The largest absolute Gasteiger partial charge is 0.462 e. The molecule has 2 aromatic heterocycles. The van der Waals surface area contributed by atoms with Gasteiger partial charge in [-0.2, -0.15) is 5.10 Å². The molecule has 0 aromatic carbocycles. The Morgan fingerprint density at radius 2 is 2.45 bits per heavy atom. The molecule has 0 aliphatic carbocycles. The molecule has 0 saturated heterocycles. The van der Waals surface area contributed by atoms with Crippen LogP contribution in [0.3, 0.4) is 0 Å². The first-order chi connectivity index (χ1) is 5.29. The molecule has 4 heteroatoms. The molecule has 0 fully saturated rings. The predicted octanol–water partition coefficient (Wildman–Crippen LogP) is 0.825. The first-order valence-corrected chi connectivity index (χ1v) is 3.21. The Morgan fingerprint density at radius 1 is 1.64 bits per heavy atom. The molecule has 0 spiro atoms. The van der Waals surface area contributed by atoms with Crippen molar-refractivity contribution in [3.63, 3.8) is 0 Å². The van der Waals surface area contributed by atoms with Gasteiger partial charge in [-0.25, -0.2) is 5.10 Å². The van der Waals surface area contributed by atoms with Crippen LogP contribution in [0.1, 0.15) is 5.69 Å². The van der Waals surface area contributed by atoms with Crippen molar-refractivity contribution < 1.29 is 4.42 Å². The van der Waals surface area contributed by atoms with Crippen LogP contribution >= 0.6 is 0 Å². The summed E-state index contributed by atoms with van der Waals surface area (Å²) >= 11 is 0. The molecular formula is C7H6N2O2. The number of rotatable bonds is 0. The molecule has 0 bridgehead atoms. The number of aromatic nitrogens is 2. The lowest BCUT2D eigenvalue weighted by Crippen LogP contribution is -2.07. The van der Waals surface area contributed by atoms with Gasteiger partial charge in [-0.05, 0) is 13.0 Å². The van der Waals surface area contributed by atoms with Crippen LogP contribution in [-0.4, -0.2) is 10.2 Å². The van der Waals surface area contributed by atoms with Crippen LogP contribution in [0, 0.1) is 6.92 Å². The SMILES string of the molecule is Cc1n[nH]c(=O)c2ccoc12. The van der Waals surface area contributed by atoms with E-state index < -0.39 is 0 Å². The van der Waals surface area contributed by atoms with Crippen molar-refractivity contribution >= 4 is 11.0 Å². The van der Waals surface area contributed by atoms with Crippen LogP contribution in [0.25, 0.3) is 11.0 Å². The zero-order valence-electron chi connectivity index (χ0n) is 5.92. The van der Waals surface area contributed by atoms with Crippen LogP contribution < -0.4 is 5.56 Å². The van der Waals surface area contributed by atoms with Crippen LogP contribution in [0.15, 0.2) is 21.5 Å². The summed E-state index contributed by atoms with van der Waals surface area (Å²) in [5, 5.41) is 6.66. The summed E-state index contributed by atoms with van der Waals surface area (Å²) in [6.07, 6.45) is 1.48. The molecular weight excluding hydrogens is 144 g/mol. The number of furan rings is 1. The quantitative estimate of drug-likeness (QED) is 0.604. The van der Waals surface area contributed by atoms with Gasteiger partial charge in [-0.3, -0.25) is 4.79 Å². The number of nitrogens with zero attached hydrogens (tertiary/aromatic N) is 1. The highest BCUT2D eigenvalue weighted by atomic mass is 16.3. The van der Waals surface area contributed by atoms with Gasteiger partial charge in [-0.15, -0.1) is 0 Å². The van der Waals surface area contributed by atoms with E-state index in [2.05, 4.69) is 10.2 Å². The Hall–Kier alpha value is -1.58. The molecule has 11 heavy (non-hydrogen) atoms. The molecule has 0 unspecified atom stereocenters. The van der Waals surface area contributed by atoms with Gasteiger partial charge in [0.25, 0.3) is 5.56 Å². The zero-order chi connectivity index (χ0) is 7.84. The Bertz CT molecular complexity index is 441. The van der Waals surface area contributed by atoms with E-state index in [1.807, 2.05) is 0 Å². The van der Waals surface area contributed by atoms with Crippen molar-refractivity contribution in [2.75, 3.05) is 0 Å². The Balaban J connectivity index is 3.08. The van der Waals surface area contributed by atoms with E-state index in [0.29, 0.717) is 16.7 Å². The zero-order valence-corrected chi connectivity index (χ0v) is 5.92. The van der Waals surface area contributed by atoms with Crippen molar-refractivity contribution in [2.45, 2.75) is 6.92 Å². The van der Waals surface area contributed by atoms with Gasteiger partial charge in [-0.1, -0.05) is 0 Å². The second-order valence-electron chi connectivity index (χ2n) is 2.30. The maximum absolute atomic E-state index is 11.0.